The van der Waals surface area contributed by atoms with E-state index in [-0.39, 0.29) is 5.69 Å². The van der Waals surface area contributed by atoms with Gasteiger partial charge < -0.3 is 0 Å². The quantitative estimate of drug-likeness (QED) is 0.286. The molecular formula is C28H36N6O. The first kappa shape index (κ1) is 24.6. The van der Waals surface area contributed by atoms with Gasteiger partial charge >= 0.3 is 5.69 Å². The summed E-state index contributed by atoms with van der Waals surface area (Å²) in [6, 6.07) is 16.5. The molecule has 184 valence electrons. The molecule has 0 amide bonds. The lowest BCUT2D eigenvalue weighted by Crippen LogP contribution is -2.27. The monoisotopic (exact) mass is 472 g/mol. The van der Waals surface area contributed by atoms with E-state index in [2.05, 4.69) is 77.9 Å². The van der Waals surface area contributed by atoms with Gasteiger partial charge in [0, 0.05) is 24.0 Å². The zero-order valence-electron chi connectivity index (χ0n) is 21.1. The van der Waals surface area contributed by atoms with Gasteiger partial charge in [0.25, 0.3) is 0 Å². The molecule has 0 bridgehead atoms. The normalized spacial score (nSPS) is 12.2. The maximum Gasteiger partial charge on any atom is 0.328 e. The number of aromatic nitrogens is 6. The van der Waals surface area contributed by atoms with Crippen molar-refractivity contribution in [1.82, 2.24) is 29.8 Å². The summed E-state index contributed by atoms with van der Waals surface area (Å²) in [5.41, 5.74) is 5.42. The van der Waals surface area contributed by atoms with E-state index in [1.54, 1.807) is 0 Å². The Balaban J connectivity index is 1.59. The van der Waals surface area contributed by atoms with Crippen LogP contribution in [0.4, 0.5) is 0 Å². The fourth-order valence-corrected chi connectivity index (χ4v) is 4.73. The molecule has 0 aliphatic carbocycles. The van der Waals surface area contributed by atoms with Crippen LogP contribution in [-0.4, -0.2) is 29.8 Å². The van der Waals surface area contributed by atoms with Crippen molar-refractivity contribution in [3.05, 3.63) is 76.5 Å². The summed E-state index contributed by atoms with van der Waals surface area (Å²) < 4.78 is 3.92. The van der Waals surface area contributed by atoms with Crippen molar-refractivity contribution in [3.8, 4) is 22.5 Å². The van der Waals surface area contributed by atoms with E-state index >= 15 is 0 Å². The molecule has 0 aliphatic heterocycles. The Hall–Kier alpha value is -3.48. The van der Waals surface area contributed by atoms with Crippen LogP contribution < -0.4 is 5.69 Å². The van der Waals surface area contributed by atoms with Gasteiger partial charge in [0.1, 0.15) is 0 Å². The average Bonchev–Trinajstić information content (AvgIpc) is 3.52. The number of aryl methyl sites for hydroxylation is 1. The highest BCUT2D eigenvalue weighted by Crippen LogP contribution is 2.29. The summed E-state index contributed by atoms with van der Waals surface area (Å²) in [6.45, 7) is 8.02. The molecular weight excluding hydrogens is 436 g/mol. The SMILES string of the molecule is CCCCc1cn(CC(CC)CCC)c(=O)n1Cc1ccc(-c2ccccc2-c2nn[nH]n2)cc1. The number of rotatable bonds is 12. The lowest BCUT2D eigenvalue weighted by atomic mass is 9.98. The van der Waals surface area contributed by atoms with Gasteiger partial charge in [-0.1, -0.05) is 88.6 Å². The van der Waals surface area contributed by atoms with Gasteiger partial charge in [-0.3, -0.25) is 9.13 Å². The van der Waals surface area contributed by atoms with Crippen LogP contribution in [0, 0.1) is 5.92 Å². The largest absolute Gasteiger partial charge is 0.328 e. The zero-order chi connectivity index (χ0) is 24.6. The number of imidazole rings is 1. The molecule has 1 atom stereocenters. The highest BCUT2D eigenvalue weighted by Gasteiger charge is 2.15. The number of nitrogens with one attached hydrogen (secondary N) is 1. The molecule has 4 rings (SSSR count). The van der Waals surface area contributed by atoms with Crippen LogP contribution >= 0.6 is 0 Å². The number of nitrogens with zero attached hydrogens (tertiary/aromatic N) is 5. The van der Waals surface area contributed by atoms with Crippen LogP contribution in [0.1, 0.15) is 64.1 Å². The number of hydrogen-bond donors (Lipinski definition) is 1. The molecule has 0 fully saturated rings. The lowest BCUT2D eigenvalue weighted by molar-refractivity contribution is 0.391. The fourth-order valence-electron chi connectivity index (χ4n) is 4.73. The minimum Gasteiger partial charge on any atom is -0.299 e. The summed E-state index contributed by atoms with van der Waals surface area (Å²) in [6.07, 6.45) is 8.64. The fraction of sp³-hybridized carbons (Fsp3) is 0.429. The number of tetrazole rings is 1. The number of benzene rings is 2. The summed E-state index contributed by atoms with van der Waals surface area (Å²) in [5.74, 6) is 1.12. The van der Waals surface area contributed by atoms with Crippen molar-refractivity contribution >= 4 is 0 Å². The summed E-state index contributed by atoms with van der Waals surface area (Å²) in [4.78, 5) is 13.4. The Kier molecular flexibility index (Phi) is 8.29. The third-order valence-corrected chi connectivity index (χ3v) is 6.76. The molecule has 1 unspecified atom stereocenters. The third-order valence-electron chi connectivity index (χ3n) is 6.76. The molecule has 0 saturated carbocycles. The first-order chi connectivity index (χ1) is 17.1. The van der Waals surface area contributed by atoms with Crippen LogP contribution in [0.3, 0.4) is 0 Å². The average molecular weight is 473 g/mol. The zero-order valence-corrected chi connectivity index (χ0v) is 21.1. The van der Waals surface area contributed by atoms with E-state index in [0.29, 0.717) is 18.3 Å². The summed E-state index contributed by atoms with van der Waals surface area (Å²) >= 11 is 0. The van der Waals surface area contributed by atoms with Crippen molar-refractivity contribution in [2.75, 3.05) is 0 Å². The van der Waals surface area contributed by atoms with Crippen LogP contribution in [0.25, 0.3) is 22.5 Å². The molecule has 0 spiro atoms. The second-order valence-corrected chi connectivity index (χ2v) is 9.29. The third kappa shape index (κ3) is 5.78. The second kappa shape index (κ2) is 11.8. The number of H-pyrrole nitrogens is 1. The molecule has 7 heteroatoms. The highest BCUT2D eigenvalue weighted by molar-refractivity contribution is 5.80. The molecule has 2 heterocycles. The van der Waals surface area contributed by atoms with Crippen molar-refractivity contribution in [2.45, 2.75) is 72.4 Å². The molecule has 35 heavy (non-hydrogen) atoms. The summed E-state index contributed by atoms with van der Waals surface area (Å²) in [5, 5.41) is 14.5. The Morgan fingerprint density at radius 2 is 1.74 bits per heavy atom. The van der Waals surface area contributed by atoms with E-state index in [9.17, 15) is 4.79 Å². The number of aromatic amines is 1. The van der Waals surface area contributed by atoms with Crippen LogP contribution in [0.2, 0.25) is 0 Å². The topological polar surface area (TPSA) is 81.4 Å². The molecule has 0 saturated heterocycles. The van der Waals surface area contributed by atoms with Crippen LogP contribution in [-0.2, 0) is 19.5 Å². The van der Waals surface area contributed by atoms with Crippen molar-refractivity contribution in [1.29, 1.82) is 0 Å². The Morgan fingerprint density at radius 1 is 0.971 bits per heavy atom. The molecule has 7 nitrogen and oxygen atoms in total. The van der Waals surface area contributed by atoms with E-state index in [1.165, 1.54) is 0 Å². The molecule has 4 aromatic rings. The van der Waals surface area contributed by atoms with Gasteiger partial charge in [-0.15, -0.1) is 10.2 Å². The molecule has 2 aromatic carbocycles. The Morgan fingerprint density at radius 3 is 2.40 bits per heavy atom. The van der Waals surface area contributed by atoms with Gasteiger partial charge in [0.2, 0.25) is 5.82 Å². The van der Waals surface area contributed by atoms with Gasteiger partial charge in [0.05, 0.1) is 6.54 Å². The Bertz CT molecular complexity index is 1250. The maximum atomic E-state index is 13.4. The van der Waals surface area contributed by atoms with E-state index < -0.39 is 0 Å². The van der Waals surface area contributed by atoms with Crippen LogP contribution in [0.15, 0.2) is 59.5 Å². The maximum absolute atomic E-state index is 13.4. The van der Waals surface area contributed by atoms with Gasteiger partial charge in [0.15, 0.2) is 0 Å². The van der Waals surface area contributed by atoms with E-state index in [1.807, 2.05) is 27.3 Å². The minimum atomic E-state index is 0.109. The lowest BCUT2D eigenvalue weighted by Gasteiger charge is -2.13. The van der Waals surface area contributed by atoms with Crippen LogP contribution in [0.5, 0.6) is 0 Å². The van der Waals surface area contributed by atoms with Crippen molar-refractivity contribution in [2.24, 2.45) is 5.92 Å². The van der Waals surface area contributed by atoms with Crippen molar-refractivity contribution < 1.29 is 0 Å². The van der Waals surface area contributed by atoms with Crippen molar-refractivity contribution in [3.63, 3.8) is 0 Å². The predicted molar refractivity (Wildman–Crippen MR) is 140 cm³/mol. The first-order valence-corrected chi connectivity index (χ1v) is 12.9. The van der Waals surface area contributed by atoms with Gasteiger partial charge in [-0.2, -0.15) is 5.21 Å². The Labute approximate surface area is 207 Å². The standard InChI is InChI=1S/C28H36N6O/c1-4-7-11-24-20-33(18-21(6-3)10-5-2)28(35)34(24)19-22-14-16-23(17-15-22)25-12-8-9-13-26(25)27-29-31-32-30-27/h8-9,12-17,20-21H,4-7,10-11,18-19H2,1-3H3,(H,29,30,31,32). The molecule has 0 aliphatic rings. The smallest absolute Gasteiger partial charge is 0.299 e. The van der Waals surface area contributed by atoms with Gasteiger partial charge in [-0.05, 0) is 47.1 Å². The second-order valence-electron chi connectivity index (χ2n) is 9.29. The van der Waals surface area contributed by atoms with E-state index in [4.69, 9.17) is 0 Å². The van der Waals surface area contributed by atoms with E-state index in [0.717, 1.165) is 73.0 Å². The van der Waals surface area contributed by atoms with Gasteiger partial charge in [-0.25, -0.2) is 4.79 Å². The molecule has 1 N–H and O–H groups in total. The summed E-state index contributed by atoms with van der Waals surface area (Å²) in [7, 11) is 0. The first-order valence-electron chi connectivity index (χ1n) is 12.9. The molecule has 0 radical (unpaired) electrons. The predicted octanol–water partition coefficient (Wildman–Crippen LogP) is 5.71. The number of unbranched alkanes of at least 4 members (excludes halogenated alkanes) is 1. The number of hydrogen-bond acceptors (Lipinski definition) is 4. The minimum absolute atomic E-state index is 0.109. The molecule has 2 aromatic heterocycles. The highest BCUT2D eigenvalue weighted by atomic mass is 16.1.